The SMILES string of the molecule is Nc1ccc(O)c(Cl)c1C(=O)CBr. The number of nitrogen functional groups attached to an aromatic ring is 1. The lowest BCUT2D eigenvalue weighted by Crippen LogP contribution is -2.05. The molecule has 13 heavy (non-hydrogen) atoms. The molecule has 3 N–H and O–H groups in total. The first-order valence-corrected chi connectivity index (χ1v) is 4.94. The largest absolute Gasteiger partial charge is 0.506 e. The number of carbonyl (C=O) groups excluding carboxylic acids is 1. The maximum atomic E-state index is 11.3. The van der Waals surface area contributed by atoms with E-state index >= 15 is 0 Å². The van der Waals surface area contributed by atoms with Crippen molar-refractivity contribution in [2.24, 2.45) is 0 Å². The van der Waals surface area contributed by atoms with Crippen molar-refractivity contribution in [3.8, 4) is 5.75 Å². The van der Waals surface area contributed by atoms with Crippen molar-refractivity contribution in [3.05, 3.63) is 22.7 Å². The van der Waals surface area contributed by atoms with Gasteiger partial charge in [0.25, 0.3) is 0 Å². The normalized spacial score (nSPS) is 10.0. The third-order valence-corrected chi connectivity index (χ3v) is 2.45. The average molecular weight is 265 g/mol. The molecule has 3 nitrogen and oxygen atoms in total. The third kappa shape index (κ3) is 1.95. The minimum absolute atomic E-state index is 0.00412. The van der Waals surface area contributed by atoms with Crippen LogP contribution in [0.3, 0.4) is 0 Å². The Hall–Kier alpha value is -0.740. The van der Waals surface area contributed by atoms with Crippen LogP contribution in [0.4, 0.5) is 5.69 Å². The highest BCUT2D eigenvalue weighted by molar-refractivity contribution is 9.09. The summed E-state index contributed by atoms with van der Waals surface area (Å²) in [5.41, 5.74) is 5.97. The number of aromatic hydroxyl groups is 1. The highest BCUT2D eigenvalue weighted by Crippen LogP contribution is 2.31. The lowest BCUT2D eigenvalue weighted by Gasteiger charge is -2.06. The Labute approximate surface area is 88.6 Å². The maximum absolute atomic E-state index is 11.3. The van der Waals surface area contributed by atoms with E-state index in [2.05, 4.69) is 15.9 Å². The van der Waals surface area contributed by atoms with Crippen LogP contribution in [0, 0.1) is 0 Å². The minimum atomic E-state index is -0.251. The maximum Gasteiger partial charge on any atom is 0.177 e. The molecule has 0 bridgehead atoms. The highest BCUT2D eigenvalue weighted by atomic mass is 79.9. The number of alkyl halides is 1. The van der Waals surface area contributed by atoms with E-state index in [-0.39, 0.29) is 33.1 Å². The first-order chi connectivity index (χ1) is 6.07. The molecule has 0 saturated carbocycles. The second-order valence-corrected chi connectivity index (χ2v) is 3.36. The third-order valence-electron chi connectivity index (χ3n) is 1.55. The number of phenols is 1. The van der Waals surface area contributed by atoms with Gasteiger partial charge in [0, 0.05) is 5.69 Å². The molecule has 0 radical (unpaired) electrons. The summed E-state index contributed by atoms with van der Waals surface area (Å²) >= 11 is 8.70. The number of nitrogens with two attached hydrogens (primary N) is 1. The molecule has 0 heterocycles. The van der Waals surface area contributed by atoms with Crippen LogP contribution >= 0.6 is 27.5 Å². The van der Waals surface area contributed by atoms with E-state index in [0.717, 1.165) is 0 Å². The molecular formula is C8H7BrClNO2. The van der Waals surface area contributed by atoms with E-state index in [1.165, 1.54) is 12.1 Å². The van der Waals surface area contributed by atoms with Gasteiger partial charge in [-0.15, -0.1) is 0 Å². The smallest absolute Gasteiger partial charge is 0.177 e. The fraction of sp³-hybridized carbons (Fsp3) is 0.125. The van der Waals surface area contributed by atoms with Crippen molar-refractivity contribution in [1.29, 1.82) is 0 Å². The average Bonchev–Trinajstić information content (AvgIpc) is 2.12. The lowest BCUT2D eigenvalue weighted by atomic mass is 10.1. The van der Waals surface area contributed by atoms with Gasteiger partial charge in [0.15, 0.2) is 5.78 Å². The molecule has 0 aromatic heterocycles. The molecule has 1 rings (SSSR count). The van der Waals surface area contributed by atoms with E-state index in [9.17, 15) is 9.90 Å². The van der Waals surface area contributed by atoms with Crippen molar-refractivity contribution in [2.45, 2.75) is 0 Å². The summed E-state index contributed by atoms with van der Waals surface area (Å²) in [6.45, 7) is 0. The Morgan fingerprint density at radius 1 is 1.62 bits per heavy atom. The second-order valence-electron chi connectivity index (χ2n) is 2.42. The monoisotopic (exact) mass is 263 g/mol. The summed E-state index contributed by atoms with van der Waals surface area (Å²) in [7, 11) is 0. The van der Waals surface area contributed by atoms with E-state index in [0.29, 0.717) is 0 Å². The summed E-state index contributed by atoms with van der Waals surface area (Å²) in [6.07, 6.45) is 0. The van der Waals surface area contributed by atoms with Crippen molar-refractivity contribution in [1.82, 2.24) is 0 Å². The molecule has 0 spiro atoms. The molecule has 0 aliphatic rings. The molecule has 0 unspecified atom stereocenters. The molecular weight excluding hydrogens is 257 g/mol. The summed E-state index contributed by atoms with van der Waals surface area (Å²) in [6, 6.07) is 2.79. The van der Waals surface area contributed by atoms with Gasteiger partial charge in [-0.05, 0) is 12.1 Å². The number of ketones is 1. The Morgan fingerprint density at radius 2 is 2.23 bits per heavy atom. The zero-order chi connectivity index (χ0) is 10.0. The first-order valence-electron chi connectivity index (χ1n) is 3.44. The molecule has 0 atom stereocenters. The number of hydrogen-bond donors (Lipinski definition) is 2. The van der Waals surface area contributed by atoms with Gasteiger partial charge in [-0.2, -0.15) is 0 Å². The molecule has 0 aliphatic heterocycles. The quantitative estimate of drug-likeness (QED) is 0.372. The van der Waals surface area contributed by atoms with Crippen LogP contribution in [0.15, 0.2) is 12.1 Å². The number of carbonyl (C=O) groups is 1. The van der Waals surface area contributed by atoms with Gasteiger partial charge in [0.2, 0.25) is 0 Å². The van der Waals surface area contributed by atoms with Crippen LogP contribution in [0.25, 0.3) is 0 Å². The van der Waals surface area contributed by atoms with E-state index in [4.69, 9.17) is 17.3 Å². The van der Waals surface area contributed by atoms with Gasteiger partial charge in [-0.1, -0.05) is 27.5 Å². The zero-order valence-electron chi connectivity index (χ0n) is 6.55. The minimum Gasteiger partial charge on any atom is -0.506 e. The van der Waals surface area contributed by atoms with Crippen LogP contribution in [-0.4, -0.2) is 16.2 Å². The topological polar surface area (TPSA) is 63.3 Å². The van der Waals surface area contributed by atoms with Gasteiger partial charge < -0.3 is 10.8 Å². The molecule has 0 saturated heterocycles. The van der Waals surface area contributed by atoms with Crippen LogP contribution in [0.2, 0.25) is 5.02 Å². The second kappa shape index (κ2) is 3.98. The fourth-order valence-corrected chi connectivity index (χ4v) is 1.49. The zero-order valence-corrected chi connectivity index (χ0v) is 8.89. The van der Waals surface area contributed by atoms with Gasteiger partial charge in [0.1, 0.15) is 5.75 Å². The molecule has 1 aromatic rings. The van der Waals surface area contributed by atoms with Crippen molar-refractivity contribution in [2.75, 3.05) is 11.1 Å². The van der Waals surface area contributed by atoms with Crippen LogP contribution in [0.1, 0.15) is 10.4 Å². The number of hydrogen-bond acceptors (Lipinski definition) is 3. The number of halogens is 2. The molecule has 5 heteroatoms. The van der Waals surface area contributed by atoms with Crippen LogP contribution in [0.5, 0.6) is 5.75 Å². The fourth-order valence-electron chi connectivity index (χ4n) is 0.930. The predicted molar refractivity (Wildman–Crippen MR) is 55.7 cm³/mol. The van der Waals surface area contributed by atoms with E-state index in [1.807, 2.05) is 0 Å². The number of rotatable bonds is 2. The molecule has 0 amide bonds. The van der Waals surface area contributed by atoms with Gasteiger partial charge in [0.05, 0.1) is 15.9 Å². The van der Waals surface area contributed by atoms with Gasteiger partial charge in [-0.25, -0.2) is 0 Å². The van der Waals surface area contributed by atoms with Crippen molar-refractivity contribution >= 4 is 39.0 Å². The number of Topliss-reactive ketones (excluding diaryl/α,β-unsaturated/α-hetero) is 1. The summed E-state index contributed by atoms with van der Waals surface area (Å²) in [5.74, 6) is -0.390. The van der Waals surface area contributed by atoms with Crippen molar-refractivity contribution < 1.29 is 9.90 Å². The number of benzene rings is 1. The number of anilines is 1. The van der Waals surface area contributed by atoms with Crippen molar-refractivity contribution in [3.63, 3.8) is 0 Å². The van der Waals surface area contributed by atoms with Gasteiger partial charge in [-0.3, -0.25) is 4.79 Å². The van der Waals surface area contributed by atoms with E-state index < -0.39 is 0 Å². The Balaban J connectivity index is 3.33. The summed E-state index contributed by atoms with van der Waals surface area (Å²) < 4.78 is 0. The summed E-state index contributed by atoms with van der Waals surface area (Å²) in [5, 5.41) is 9.34. The van der Waals surface area contributed by atoms with Crippen LogP contribution < -0.4 is 5.73 Å². The van der Waals surface area contributed by atoms with Crippen LogP contribution in [-0.2, 0) is 0 Å². The Morgan fingerprint density at radius 3 is 2.77 bits per heavy atom. The Kier molecular flexibility index (Phi) is 3.17. The Bertz CT molecular complexity index is 354. The first kappa shape index (κ1) is 10.3. The molecule has 0 fully saturated rings. The van der Waals surface area contributed by atoms with E-state index in [1.54, 1.807) is 0 Å². The molecule has 0 aliphatic carbocycles. The standard InChI is InChI=1S/C8H7BrClNO2/c9-3-6(13)7-4(11)1-2-5(12)8(7)10/h1-2,12H,3,11H2. The number of phenolic OH excluding ortho intramolecular Hbond substituents is 1. The molecule has 70 valence electrons. The van der Waals surface area contributed by atoms with Gasteiger partial charge >= 0.3 is 0 Å². The molecule has 1 aromatic carbocycles. The summed E-state index contributed by atoms with van der Waals surface area (Å²) in [4.78, 5) is 11.3. The predicted octanol–water partition coefficient (Wildman–Crippen LogP) is 2.21. The highest BCUT2D eigenvalue weighted by Gasteiger charge is 2.15. The lowest BCUT2D eigenvalue weighted by molar-refractivity contribution is 0.102.